The number of rotatable bonds is 2. The molecule has 0 aliphatic carbocycles. The molecule has 2 nitrogen and oxygen atoms in total. The third kappa shape index (κ3) is 1.81. The van der Waals surface area contributed by atoms with Crippen LogP contribution in [0.5, 0.6) is 5.75 Å². The van der Waals surface area contributed by atoms with Gasteiger partial charge in [-0.15, -0.1) is 0 Å². The van der Waals surface area contributed by atoms with E-state index in [0.717, 1.165) is 11.3 Å². The van der Waals surface area contributed by atoms with Crippen molar-refractivity contribution in [3.8, 4) is 5.75 Å². The number of methoxy groups -OCH3 is 1. The first kappa shape index (κ1) is 9.99. The highest BCUT2D eigenvalue weighted by molar-refractivity contribution is 5.87. The van der Waals surface area contributed by atoms with Crippen LogP contribution in [-0.2, 0) is 0 Å². The maximum absolute atomic E-state index is 5.93. The van der Waals surface area contributed by atoms with Crippen molar-refractivity contribution in [3.63, 3.8) is 0 Å². The zero-order chi connectivity index (χ0) is 10.8. The van der Waals surface area contributed by atoms with E-state index in [4.69, 9.17) is 10.5 Å². The van der Waals surface area contributed by atoms with Crippen molar-refractivity contribution in [1.29, 1.82) is 0 Å². The van der Waals surface area contributed by atoms with Crippen LogP contribution >= 0.6 is 0 Å². The average Bonchev–Trinajstić information content (AvgIpc) is 2.27. The van der Waals surface area contributed by atoms with Crippen molar-refractivity contribution in [3.05, 3.63) is 42.0 Å². The molecule has 2 rings (SSSR count). The van der Waals surface area contributed by atoms with Crippen LogP contribution in [0.25, 0.3) is 10.8 Å². The summed E-state index contributed by atoms with van der Waals surface area (Å²) >= 11 is 0. The highest BCUT2D eigenvalue weighted by Crippen LogP contribution is 2.26. The molecule has 0 aliphatic rings. The molecule has 0 radical (unpaired) electrons. The molecule has 0 amide bonds. The molecule has 0 aliphatic heterocycles. The van der Waals surface area contributed by atoms with Crippen LogP contribution in [0.3, 0.4) is 0 Å². The Balaban J connectivity index is 2.70. The van der Waals surface area contributed by atoms with E-state index in [9.17, 15) is 0 Å². The number of nitrogens with two attached hydrogens (primary N) is 1. The normalized spacial score (nSPS) is 12.7. The minimum atomic E-state index is 0.0424. The lowest BCUT2D eigenvalue weighted by Gasteiger charge is -2.10. The summed E-state index contributed by atoms with van der Waals surface area (Å²) in [6.45, 7) is 1.99. The fraction of sp³-hybridized carbons (Fsp3) is 0.231. The van der Waals surface area contributed by atoms with E-state index in [2.05, 4.69) is 18.2 Å². The summed E-state index contributed by atoms with van der Waals surface area (Å²) in [4.78, 5) is 0. The second-order valence-corrected chi connectivity index (χ2v) is 3.72. The molecule has 0 heterocycles. The van der Waals surface area contributed by atoms with Gasteiger partial charge in [0, 0.05) is 6.04 Å². The zero-order valence-corrected chi connectivity index (χ0v) is 9.03. The van der Waals surface area contributed by atoms with Gasteiger partial charge in [0.1, 0.15) is 5.75 Å². The number of ether oxygens (including phenoxy) is 1. The quantitative estimate of drug-likeness (QED) is 0.810. The van der Waals surface area contributed by atoms with Crippen LogP contribution in [0.2, 0.25) is 0 Å². The number of hydrogen-bond acceptors (Lipinski definition) is 2. The zero-order valence-electron chi connectivity index (χ0n) is 9.03. The van der Waals surface area contributed by atoms with Gasteiger partial charge in [0.15, 0.2) is 0 Å². The van der Waals surface area contributed by atoms with Crippen LogP contribution < -0.4 is 10.5 Å². The molecule has 0 bridgehead atoms. The lowest BCUT2D eigenvalue weighted by molar-refractivity contribution is 0.415. The molecule has 0 spiro atoms. The molecular formula is C13H15NO. The summed E-state index contributed by atoms with van der Waals surface area (Å²) in [5.74, 6) is 0.871. The van der Waals surface area contributed by atoms with Gasteiger partial charge in [-0.25, -0.2) is 0 Å². The largest absolute Gasteiger partial charge is 0.497 e. The molecule has 2 heteroatoms. The molecule has 15 heavy (non-hydrogen) atoms. The third-order valence-corrected chi connectivity index (χ3v) is 2.61. The van der Waals surface area contributed by atoms with E-state index in [1.807, 2.05) is 25.1 Å². The molecule has 0 unspecified atom stereocenters. The molecule has 2 N–H and O–H groups in total. The summed E-state index contributed by atoms with van der Waals surface area (Å²) in [6.07, 6.45) is 0. The maximum Gasteiger partial charge on any atom is 0.119 e. The Labute approximate surface area is 89.7 Å². The molecule has 2 aromatic rings. The van der Waals surface area contributed by atoms with Gasteiger partial charge >= 0.3 is 0 Å². The van der Waals surface area contributed by atoms with Crippen molar-refractivity contribution in [2.45, 2.75) is 13.0 Å². The van der Waals surface area contributed by atoms with Crippen molar-refractivity contribution >= 4 is 10.8 Å². The number of benzene rings is 2. The smallest absolute Gasteiger partial charge is 0.119 e. The number of fused-ring (bicyclic) bond motifs is 1. The summed E-state index contributed by atoms with van der Waals surface area (Å²) in [7, 11) is 1.68. The second-order valence-electron chi connectivity index (χ2n) is 3.72. The molecule has 78 valence electrons. The minimum Gasteiger partial charge on any atom is -0.497 e. The van der Waals surface area contributed by atoms with Crippen LogP contribution in [0.15, 0.2) is 36.4 Å². The molecule has 0 saturated heterocycles. The van der Waals surface area contributed by atoms with Crippen LogP contribution in [0.1, 0.15) is 18.5 Å². The van der Waals surface area contributed by atoms with Crippen LogP contribution in [0, 0.1) is 0 Å². The maximum atomic E-state index is 5.93. The van der Waals surface area contributed by atoms with Gasteiger partial charge < -0.3 is 10.5 Å². The first-order valence-electron chi connectivity index (χ1n) is 5.04. The standard InChI is InChI=1S/C13H15NO/c1-9(14)12-5-3-4-10-6-7-11(15-2)8-13(10)12/h3-9H,14H2,1-2H3/t9-/m1/s1. The Bertz CT molecular complexity index is 477. The van der Waals surface area contributed by atoms with E-state index in [1.165, 1.54) is 10.8 Å². The fourth-order valence-corrected chi connectivity index (χ4v) is 1.80. The van der Waals surface area contributed by atoms with Gasteiger partial charge in [-0.1, -0.05) is 24.3 Å². The van der Waals surface area contributed by atoms with Gasteiger partial charge in [0.25, 0.3) is 0 Å². The summed E-state index contributed by atoms with van der Waals surface area (Å²) in [5.41, 5.74) is 7.09. The van der Waals surface area contributed by atoms with E-state index < -0.39 is 0 Å². The highest BCUT2D eigenvalue weighted by atomic mass is 16.5. The van der Waals surface area contributed by atoms with E-state index in [0.29, 0.717) is 0 Å². The second kappa shape index (κ2) is 3.91. The SMILES string of the molecule is COc1ccc2cccc([C@@H](C)N)c2c1. The molecule has 1 atom stereocenters. The highest BCUT2D eigenvalue weighted by Gasteiger charge is 2.05. The summed E-state index contributed by atoms with van der Waals surface area (Å²) in [6, 6.07) is 12.3. The van der Waals surface area contributed by atoms with Crippen molar-refractivity contribution in [1.82, 2.24) is 0 Å². The van der Waals surface area contributed by atoms with Crippen molar-refractivity contribution in [2.24, 2.45) is 5.73 Å². The first-order valence-corrected chi connectivity index (χ1v) is 5.04. The van der Waals surface area contributed by atoms with E-state index in [1.54, 1.807) is 7.11 Å². The minimum absolute atomic E-state index is 0.0424. The predicted octanol–water partition coefficient (Wildman–Crippen LogP) is 2.87. The molecule has 2 aromatic carbocycles. The van der Waals surface area contributed by atoms with Gasteiger partial charge in [0.05, 0.1) is 7.11 Å². The van der Waals surface area contributed by atoms with Gasteiger partial charge in [-0.2, -0.15) is 0 Å². The van der Waals surface area contributed by atoms with Gasteiger partial charge in [-0.3, -0.25) is 0 Å². The monoisotopic (exact) mass is 201 g/mol. The Morgan fingerprint density at radius 3 is 2.67 bits per heavy atom. The summed E-state index contributed by atoms with van der Waals surface area (Å²) in [5, 5.41) is 2.37. The Hall–Kier alpha value is -1.54. The van der Waals surface area contributed by atoms with Crippen molar-refractivity contribution < 1.29 is 4.74 Å². The first-order chi connectivity index (χ1) is 7.22. The Morgan fingerprint density at radius 1 is 1.20 bits per heavy atom. The lowest BCUT2D eigenvalue weighted by Crippen LogP contribution is -2.05. The lowest BCUT2D eigenvalue weighted by atomic mass is 10.00. The predicted molar refractivity (Wildman–Crippen MR) is 63.1 cm³/mol. The van der Waals surface area contributed by atoms with Crippen LogP contribution in [0.4, 0.5) is 0 Å². The topological polar surface area (TPSA) is 35.2 Å². The third-order valence-electron chi connectivity index (χ3n) is 2.61. The molecular weight excluding hydrogens is 186 g/mol. The molecule has 0 fully saturated rings. The fourth-order valence-electron chi connectivity index (χ4n) is 1.80. The van der Waals surface area contributed by atoms with Gasteiger partial charge in [-0.05, 0) is 35.4 Å². The Kier molecular flexibility index (Phi) is 2.60. The summed E-state index contributed by atoms with van der Waals surface area (Å²) < 4.78 is 5.22. The van der Waals surface area contributed by atoms with E-state index in [-0.39, 0.29) is 6.04 Å². The van der Waals surface area contributed by atoms with Gasteiger partial charge in [0.2, 0.25) is 0 Å². The molecule has 0 aromatic heterocycles. The molecule has 0 saturated carbocycles. The average molecular weight is 201 g/mol. The van der Waals surface area contributed by atoms with E-state index >= 15 is 0 Å². The Morgan fingerprint density at radius 2 is 2.00 bits per heavy atom. The number of hydrogen-bond donors (Lipinski definition) is 1. The van der Waals surface area contributed by atoms with Crippen molar-refractivity contribution in [2.75, 3.05) is 7.11 Å². The van der Waals surface area contributed by atoms with Crippen LogP contribution in [-0.4, -0.2) is 7.11 Å².